The van der Waals surface area contributed by atoms with Crippen LogP contribution in [0.15, 0.2) is 42.3 Å². The Morgan fingerprint density at radius 1 is 1.14 bits per heavy atom. The fraction of sp³-hybridized carbons (Fsp3) is 0.750. The van der Waals surface area contributed by atoms with E-state index in [-0.39, 0.29) is 17.4 Å². The van der Waals surface area contributed by atoms with Crippen LogP contribution in [0.25, 0.3) is 0 Å². The summed E-state index contributed by atoms with van der Waals surface area (Å²) >= 11 is 0. The molecule has 3 heteroatoms. The first kappa shape index (κ1) is 24.0. The monoisotopic (exact) mass is 477 g/mol. The van der Waals surface area contributed by atoms with Crippen LogP contribution in [0.2, 0.25) is 0 Å². The van der Waals surface area contributed by atoms with E-state index in [9.17, 15) is 10.2 Å². The molecular weight excluding hydrogens is 430 g/mol. The number of rotatable bonds is 6. The Balaban J connectivity index is 1.32. The Bertz CT molecular complexity index is 991. The maximum Gasteiger partial charge on any atom is 0.0462 e. The molecule has 6 rings (SSSR count). The van der Waals surface area contributed by atoms with Gasteiger partial charge in [0.05, 0.1) is 0 Å². The number of H-pyrrole nitrogens is 1. The average Bonchev–Trinajstić information content (AvgIpc) is 3.19. The number of aromatic nitrogens is 1. The van der Waals surface area contributed by atoms with E-state index in [1.807, 2.05) is 6.20 Å². The zero-order valence-corrected chi connectivity index (χ0v) is 22.2. The molecule has 9 unspecified atom stereocenters. The van der Waals surface area contributed by atoms with Gasteiger partial charge in [0.2, 0.25) is 0 Å². The molecule has 3 nitrogen and oxygen atoms in total. The Hall–Kier alpha value is -1.32. The van der Waals surface area contributed by atoms with Gasteiger partial charge >= 0.3 is 0 Å². The van der Waals surface area contributed by atoms with Gasteiger partial charge in [-0.2, -0.15) is 0 Å². The topological polar surface area (TPSA) is 56.2 Å². The van der Waals surface area contributed by atoms with Crippen LogP contribution in [0.4, 0.5) is 0 Å². The number of aliphatic hydroxyl groups is 2. The first-order valence-corrected chi connectivity index (χ1v) is 14.5. The molecule has 0 aliphatic heterocycles. The number of fused-ring (bicyclic) bond motifs is 6. The molecule has 1 aromatic rings. The molecule has 0 aromatic carbocycles. The lowest BCUT2D eigenvalue weighted by Crippen LogP contribution is -2.53. The smallest absolute Gasteiger partial charge is 0.0462 e. The molecule has 1 spiro atoms. The summed E-state index contributed by atoms with van der Waals surface area (Å²) < 4.78 is 0. The minimum atomic E-state index is 0.252. The third kappa shape index (κ3) is 3.51. The Morgan fingerprint density at radius 3 is 2.69 bits per heavy atom. The van der Waals surface area contributed by atoms with E-state index in [1.54, 1.807) is 5.57 Å². The molecule has 0 saturated heterocycles. The van der Waals surface area contributed by atoms with Crippen molar-refractivity contribution in [2.24, 2.45) is 57.7 Å². The molecule has 5 aliphatic rings. The van der Waals surface area contributed by atoms with Crippen LogP contribution in [-0.2, 0) is 6.42 Å². The largest absolute Gasteiger partial charge is 0.396 e. The van der Waals surface area contributed by atoms with Crippen LogP contribution in [0, 0.1) is 57.7 Å². The van der Waals surface area contributed by atoms with Gasteiger partial charge in [0.25, 0.3) is 0 Å². The number of aliphatic hydroxyl groups excluding tert-OH is 2. The first-order valence-electron chi connectivity index (χ1n) is 14.5. The van der Waals surface area contributed by atoms with Crippen LogP contribution < -0.4 is 0 Å². The van der Waals surface area contributed by atoms with E-state index in [4.69, 9.17) is 0 Å². The van der Waals surface area contributed by atoms with Crippen LogP contribution in [-0.4, -0.2) is 28.4 Å². The molecule has 3 N–H and O–H groups in total. The van der Waals surface area contributed by atoms with Crippen molar-refractivity contribution in [3.05, 3.63) is 47.8 Å². The van der Waals surface area contributed by atoms with Gasteiger partial charge in [-0.1, -0.05) is 51.0 Å². The molecule has 4 saturated carbocycles. The minimum Gasteiger partial charge on any atom is -0.396 e. The van der Waals surface area contributed by atoms with Gasteiger partial charge in [0.15, 0.2) is 0 Å². The minimum absolute atomic E-state index is 0.252. The number of hydrogen-bond acceptors (Lipinski definition) is 2. The van der Waals surface area contributed by atoms with Gasteiger partial charge in [-0.25, -0.2) is 0 Å². The summed E-state index contributed by atoms with van der Waals surface area (Å²) in [5.74, 6) is 4.23. The predicted molar refractivity (Wildman–Crippen MR) is 142 cm³/mol. The molecule has 5 aliphatic carbocycles. The molecular formula is C32H47NO2. The Kier molecular flexibility index (Phi) is 5.73. The number of aromatic amines is 1. The summed E-state index contributed by atoms with van der Waals surface area (Å²) in [6.07, 6.45) is 17.7. The second kappa shape index (κ2) is 8.35. The molecule has 4 fully saturated rings. The van der Waals surface area contributed by atoms with Gasteiger partial charge in [0, 0.05) is 25.6 Å². The average molecular weight is 478 g/mol. The van der Waals surface area contributed by atoms with Crippen molar-refractivity contribution < 1.29 is 10.2 Å². The SMILES string of the molecule is C=C1C=C2C3(CCC(CC(CO)Cc4cc[nH]c4)C3)CC3C(CO)CCCC3C2(C)C2C1C2(C)C. The van der Waals surface area contributed by atoms with Crippen molar-refractivity contribution in [3.63, 3.8) is 0 Å². The standard InChI is InChI=1S/C32H47NO2/c1-20-12-27-31(4,29-28(20)30(29,2)3)26-7-5-6-24(19-35)25(26)16-32(27)10-8-21(15-32)13-23(18-34)14-22-9-11-33-17-22/h9,11-12,17,21,23-26,28-29,33-35H,1,5-8,10,13-16,18-19H2,2-4H3. The van der Waals surface area contributed by atoms with Gasteiger partial charge < -0.3 is 15.2 Å². The summed E-state index contributed by atoms with van der Waals surface area (Å²) in [5.41, 5.74) is 5.33. The molecule has 35 heavy (non-hydrogen) atoms. The molecule has 0 bridgehead atoms. The summed E-state index contributed by atoms with van der Waals surface area (Å²) in [4.78, 5) is 3.17. The van der Waals surface area contributed by atoms with E-state index in [1.165, 1.54) is 56.1 Å². The van der Waals surface area contributed by atoms with E-state index >= 15 is 0 Å². The highest BCUT2D eigenvalue weighted by Gasteiger charge is 2.73. The molecule has 9 atom stereocenters. The van der Waals surface area contributed by atoms with Gasteiger partial charge in [-0.3, -0.25) is 0 Å². The lowest BCUT2D eigenvalue weighted by molar-refractivity contribution is -0.0541. The third-order valence-electron chi connectivity index (χ3n) is 12.0. The molecule has 192 valence electrons. The molecule has 1 heterocycles. The second-order valence-corrected chi connectivity index (χ2v) is 14.1. The fourth-order valence-corrected chi connectivity index (χ4v) is 10.8. The van der Waals surface area contributed by atoms with Crippen molar-refractivity contribution in [2.45, 2.75) is 78.6 Å². The van der Waals surface area contributed by atoms with Crippen LogP contribution >= 0.6 is 0 Å². The quantitative estimate of drug-likeness (QED) is 0.435. The number of nitrogens with one attached hydrogen (secondary N) is 1. The summed E-state index contributed by atoms with van der Waals surface area (Å²) in [5, 5.41) is 20.6. The van der Waals surface area contributed by atoms with Crippen molar-refractivity contribution in [1.82, 2.24) is 4.98 Å². The van der Waals surface area contributed by atoms with Crippen molar-refractivity contribution >= 4 is 0 Å². The van der Waals surface area contributed by atoms with E-state index in [0.29, 0.717) is 53.4 Å². The van der Waals surface area contributed by atoms with E-state index in [0.717, 1.165) is 12.8 Å². The highest BCUT2D eigenvalue weighted by molar-refractivity contribution is 5.48. The van der Waals surface area contributed by atoms with Crippen molar-refractivity contribution in [3.8, 4) is 0 Å². The normalized spacial score (nSPS) is 44.4. The third-order valence-corrected chi connectivity index (χ3v) is 12.0. The molecule has 0 radical (unpaired) electrons. The first-order chi connectivity index (χ1) is 16.7. The summed E-state index contributed by atoms with van der Waals surface area (Å²) in [6, 6.07) is 2.15. The molecule has 0 amide bonds. The van der Waals surface area contributed by atoms with Crippen molar-refractivity contribution in [1.29, 1.82) is 0 Å². The van der Waals surface area contributed by atoms with E-state index < -0.39 is 0 Å². The summed E-state index contributed by atoms with van der Waals surface area (Å²) in [6.45, 7) is 12.9. The van der Waals surface area contributed by atoms with Gasteiger partial charge in [-0.15, -0.1) is 0 Å². The maximum atomic E-state index is 10.4. The van der Waals surface area contributed by atoms with Crippen molar-refractivity contribution in [2.75, 3.05) is 13.2 Å². The lowest BCUT2D eigenvalue weighted by Gasteiger charge is -2.61. The number of allylic oxidation sites excluding steroid dienone is 3. The fourth-order valence-electron chi connectivity index (χ4n) is 10.8. The second-order valence-electron chi connectivity index (χ2n) is 14.1. The zero-order chi connectivity index (χ0) is 24.6. The van der Waals surface area contributed by atoms with Gasteiger partial charge in [0.1, 0.15) is 0 Å². The predicted octanol–water partition coefficient (Wildman–Crippen LogP) is 6.55. The summed E-state index contributed by atoms with van der Waals surface area (Å²) in [7, 11) is 0. The highest BCUT2D eigenvalue weighted by Crippen LogP contribution is 2.80. The maximum absolute atomic E-state index is 10.4. The van der Waals surface area contributed by atoms with Gasteiger partial charge in [-0.05, 0) is 121 Å². The zero-order valence-electron chi connectivity index (χ0n) is 22.2. The van der Waals surface area contributed by atoms with Crippen LogP contribution in [0.5, 0.6) is 0 Å². The Morgan fingerprint density at radius 2 is 1.97 bits per heavy atom. The Labute approximate surface area is 212 Å². The number of hydrogen-bond donors (Lipinski definition) is 3. The van der Waals surface area contributed by atoms with Crippen LogP contribution in [0.1, 0.15) is 77.7 Å². The highest BCUT2D eigenvalue weighted by atomic mass is 16.3. The molecule has 1 aromatic heterocycles. The lowest BCUT2D eigenvalue weighted by atomic mass is 9.43. The van der Waals surface area contributed by atoms with E-state index in [2.05, 4.69) is 50.7 Å². The van der Waals surface area contributed by atoms with Crippen LogP contribution in [0.3, 0.4) is 0 Å².